The molecule has 0 saturated carbocycles. The van der Waals surface area contributed by atoms with Crippen LogP contribution in [0.5, 0.6) is 0 Å². The van der Waals surface area contributed by atoms with Crippen molar-refractivity contribution in [2.45, 2.75) is 20.3 Å². The zero-order valence-corrected chi connectivity index (χ0v) is 12.9. The minimum atomic E-state index is -1.06. The molecule has 110 valence electrons. The Bertz CT molecular complexity index is 677. The maximum atomic E-state index is 12.3. The minimum absolute atomic E-state index is 0.0970. The smallest absolute Gasteiger partial charge is 0.340 e. The third-order valence-electron chi connectivity index (χ3n) is 3.21. The molecule has 21 heavy (non-hydrogen) atoms. The standard InChI is InChI=1S/C15H16N2O3S/c1-9-4-6-11(7-5-9)8-12(18)17(3)14-13(15(19)20)10(2)16-21-14/h4-7H,8H2,1-3H3,(H,19,20). The summed E-state index contributed by atoms with van der Waals surface area (Å²) in [6.45, 7) is 3.61. The molecule has 1 aromatic heterocycles. The molecule has 0 spiro atoms. The Morgan fingerprint density at radius 2 is 1.86 bits per heavy atom. The second-order valence-corrected chi connectivity index (χ2v) is 5.62. The fraction of sp³-hybridized carbons (Fsp3) is 0.267. The van der Waals surface area contributed by atoms with Gasteiger partial charge in [-0.3, -0.25) is 4.79 Å². The Morgan fingerprint density at radius 3 is 2.43 bits per heavy atom. The van der Waals surface area contributed by atoms with E-state index in [0.717, 1.165) is 22.7 Å². The third-order valence-corrected chi connectivity index (χ3v) is 4.23. The number of anilines is 1. The highest BCUT2D eigenvalue weighted by atomic mass is 32.1. The van der Waals surface area contributed by atoms with Crippen LogP contribution in [0.25, 0.3) is 0 Å². The number of benzene rings is 1. The molecule has 5 nitrogen and oxygen atoms in total. The molecular formula is C15H16N2O3S. The average molecular weight is 304 g/mol. The van der Waals surface area contributed by atoms with Gasteiger partial charge >= 0.3 is 5.97 Å². The van der Waals surface area contributed by atoms with Crippen LogP contribution in [0.1, 0.15) is 27.2 Å². The molecule has 6 heteroatoms. The molecule has 0 aliphatic heterocycles. The van der Waals surface area contributed by atoms with Crippen LogP contribution in [0.15, 0.2) is 24.3 Å². The first-order valence-electron chi connectivity index (χ1n) is 6.42. The Hall–Kier alpha value is -2.21. The highest BCUT2D eigenvalue weighted by Crippen LogP contribution is 2.28. The lowest BCUT2D eigenvalue weighted by molar-refractivity contribution is -0.117. The molecular weight excluding hydrogens is 288 g/mol. The van der Waals surface area contributed by atoms with Crippen LogP contribution in [0.4, 0.5) is 5.00 Å². The number of amides is 1. The third kappa shape index (κ3) is 3.28. The predicted octanol–water partition coefficient (Wildman–Crippen LogP) is 2.66. The van der Waals surface area contributed by atoms with Gasteiger partial charge in [0.25, 0.3) is 0 Å². The SMILES string of the molecule is Cc1ccc(CC(=O)N(C)c2snc(C)c2C(=O)O)cc1. The molecule has 0 radical (unpaired) electrons. The van der Waals surface area contributed by atoms with Crippen molar-refractivity contribution in [3.63, 3.8) is 0 Å². The molecule has 0 saturated heterocycles. The number of carbonyl (C=O) groups excluding carboxylic acids is 1. The largest absolute Gasteiger partial charge is 0.478 e. The summed E-state index contributed by atoms with van der Waals surface area (Å²) >= 11 is 1.03. The summed E-state index contributed by atoms with van der Waals surface area (Å²) in [5.74, 6) is -1.23. The number of hydrogen-bond donors (Lipinski definition) is 1. The fourth-order valence-electron chi connectivity index (χ4n) is 1.95. The average Bonchev–Trinajstić information content (AvgIpc) is 2.82. The lowest BCUT2D eigenvalue weighted by atomic mass is 10.1. The summed E-state index contributed by atoms with van der Waals surface area (Å²) in [5, 5.41) is 9.59. The Balaban J connectivity index is 2.20. The number of likely N-dealkylation sites (N-methyl/N-ethyl adjacent to an activating group) is 1. The van der Waals surface area contributed by atoms with Crippen LogP contribution in [-0.2, 0) is 11.2 Å². The van der Waals surface area contributed by atoms with E-state index >= 15 is 0 Å². The number of rotatable bonds is 4. The molecule has 1 N–H and O–H groups in total. The number of aromatic nitrogens is 1. The van der Waals surface area contributed by atoms with Gasteiger partial charge in [0.05, 0.1) is 12.1 Å². The molecule has 0 aliphatic rings. The molecule has 1 amide bonds. The first kappa shape index (κ1) is 15.2. The topological polar surface area (TPSA) is 70.5 Å². The first-order chi connectivity index (χ1) is 9.90. The second kappa shape index (κ2) is 6.05. The summed E-state index contributed by atoms with van der Waals surface area (Å²) in [6.07, 6.45) is 0.229. The molecule has 0 unspecified atom stereocenters. The van der Waals surface area contributed by atoms with Crippen LogP contribution < -0.4 is 4.90 Å². The number of carboxylic acid groups (broad SMARTS) is 1. The van der Waals surface area contributed by atoms with Crippen molar-refractivity contribution in [3.05, 3.63) is 46.6 Å². The van der Waals surface area contributed by atoms with E-state index in [1.54, 1.807) is 14.0 Å². The summed E-state index contributed by atoms with van der Waals surface area (Å²) in [5.41, 5.74) is 2.55. The quantitative estimate of drug-likeness (QED) is 0.942. The molecule has 0 bridgehead atoms. The molecule has 1 heterocycles. The van der Waals surface area contributed by atoms with E-state index in [1.807, 2.05) is 31.2 Å². The van der Waals surface area contributed by atoms with Crippen molar-refractivity contribution < 1.29 is 14.7 Å². The van der Waals surface area contributed by atoms with Gasteiger partial charge in [0, 0.05) is 7.05 Å². The van der Waals surface area contributed by atoms with Crippen molar-refractivity contribution >= 4 is 28.4 Å². The van der Waals surface area contributed by atoms with Crippen molar-refractivity contribution in [3.8, 4) is 0 Å². The van der Waals surface area contributed by atoms with Crippen molar-refractivity contribution in [2.75, 3.05) is 11.9 Å². The first-order valence-corrected chi connectivity index (χ1v) is 7.19. The molecule has 1 aromatic carbocycles. The van der Waals surface area contributed by atoms with Gasteiger partial charge in [0.2, 0.25) is 5.91 Å². The Morgan fingerprint density at radius 1 is 1.24 bits per heavy atom. The van der Waals surface area contributed by atoms with E-state index < -0.39 is 5.97 Å². The monoisotopic (exact) mass is 304 g/mol. The normalized spacial score (nSPS) is 10.4. The highest BCUT2D eigenvalue weighted by molar-refractivity contribution is 7.11. The predicted molar refractivity (Wildman–Crippen MR) is 82.1 cm³/mol. The minimum Gasteiger partial charge on any atom is -0.478 e. The number of hydrogen-bond acceptors (Lipinski definition) is 4. The van der Waals surface area contributed by atoms with Gasteiger partial charge < -0.3 is 10.0 Å². The van der Waals surface area contributed by atoms with E-state index in [-0.39, 0.29) is 17.9 Å². The summed E-state index contributed by atoms with van der Waals surface area (Å²) in [6, 6.07) is 7.69. The number of nitrogens with zero attached hydrogens (tertiary/aromatic N) is 2. The number of carbonyl (C=O) groups is 2. The van der Waals surface area contributed by atoms with Gasteiger partial charge in [-0.25, -0.2) is 4.79 Å². The zero-order valence-electron chi connectivity index (χ0n) is 12.1. The van der Waals surface area contributed by atoms with E-state index in [1.165, 1.54) is 4.90 Å². The molecule has 2 aromatic rings. The summed E-state index contributed by atoms with van der Waals surface area (Å²) in [4.78, 5) is 24.9. The molecule has 0 atom stereocenters. The maximum absolute atomic E-state index is 12.3. The highest BCUT2D eigenvalue weighted by Gasteiger charge is 2.23. The van der Waals surface area contributed by atoms with E-state index in [4.69, 9.17) is 0 Å². The van der Waals surface area contributed by atoms with Crippen LogP contribution in [0.3, 0.4) is 0 Å². The van der Waals surface area contributed by atoms with E-state index in [0.29, 0.717) is 10.7 Å². The van der Waals surface area contributed by atoms with Crippen LogP contribution in [0.2, 0.25) is 0 Å². The van der Waals surface area contributed by atoms with Crippen molar-refractivity contribution in [1.82, 2.24) is 4.37 Å². The number of aryl methyl sites for hydroxylation is 2. The Kier molecular flexibility index (Phi) is 4.37. The lowest BCUT2D eigenvalue weighted by Gasteiger charge is -2.16. The van der Waals surface area contributed by atoms with E-state index in [9.17, 15) is 14.7 Å². The van der Waals surface area contributed by atoms with Crippen LogP contribution in [-0.4, -0.2) is 28.4 Å². The van der Waals surface area contributed by atoms with Gasteiger partial charge in [-0.2, -0.15) is 4.37 Å². The van der Waals surface area contributed by atoms with Gasteiger partial charge in [-0.15, -0.1) is 0 Å². The van der Waals surface area contributed by atoms with Gasteiger partial charge in [-0.05, 0) is 30.9 Å². The second-order valence-electron chi connectivity index (χ2n) is 4.87. The number of carboxylic acids is 1. The van der Waals surface area contributed by atoms with Gasteiger partial charge in [0.15, 0.2) is 0 Å². The summed E-state index contributed by atoms with van der Waals surface area (Å²) in [7, 11) is 1.58. The lowest BCUT2D eigenvalue weighted by Crippen LogP contribution is -2.28. The van der Waals surface area contributed by atoms with Crippen LogP contribution in [0, 0.1) is 13.8 Å². The van der Waals surface area contributed by atoms with Crippen LogP contribution >= 0.6 is 11.5 Å². The van der Waals surface area contributed by atoms with E-state index in [2.05, 4.69) is 4.37 Å². The number of aromatic carboxylic acids is 1. The maximum Gasteiger partial charge on any atom is 0.340 e. The van der Waals surface area contributed by atoms with Gasteiger partial charge in [0.1, 0.15) is 10.6 Å². The molecule has 2 rings (SSSR count). The Labute approximate surface area is 127 Å². The fourth-order valence-corrected chi connectivity index (χ4v) is 2.81. The summed E-state index contributed by atoms with van der Waals surface area (Å²) < 4.78 is 4.03. The van der Waals surface area contributed by atoms with Crippen molar-refractivity contribution in [1.29, 1.82) is 0 Å². The van der Waals surface area contributed by atoms with Crippen molar-refractivity contribution in [2.24, 2.45) is 0 Å². The molecule has 0 aliphatic carbocycles. The zero-order chi connectivity index (χ0) is 15.6. The van der Waals surface area contributed by atoms with Gasteiger partial charge in [-0.1, -0.05) is 29.8 Å². The molecule has 0 fully saturated rings.